The van der Waals surface area contributed by atoms with Gasteiger partial charge >= 0.3 is 0 Å². The van der Waals surface area contributed by atoms with E-state index in [-0.39, 0.29) is 0 Å². The fourth-order valence-corrected chi connectivity index (χ4v) is 4.07. The summed E-state index contributed by atoms with van der Waals surface area (Å²) in [6, 6.07) is 16.1. The lowest BCUT2D eigenvalue weighted by Crippen LogP contribution is -2.35. The number of methoxy groups -OCH3 is 1. The van der Waals surface area contributed by atoms with Gasteiger partial charge in [0.05, 0.1) is 12.8 Å². The number of hydrazine groups is 1. The van der Waals surface area contributed by atoms with Crippen LogP contribution in [0.4, 0.5) is 5.69 Å². The molecule has 4 rings (SSSR count). The van der Waals surface area contributed by atoms with Gasteiger partial charge in [-0.25, -0.2) is 5.01 Å². The molecule has 1 aliphatic rings. The number of fused-ring (bicyclic) bond motifs is 1. The summed E-state index contributed by atoms with van der Waals surface area (Å²) in [5, 5.41) is 2.19. The second kappa shape index (κ2) is 8.63. The van der Waals surface area contributed by atoms with E-state index < -0.39 is 0 Å². The molecule has 0 fully saturated rings. The quantitative estimate of drug-likeness (QED) is 0.596. The van der Waals surface area contributed by atoms with E-state index in [9.17, 15) is 0 Å². The minimum absolute atomic E-state index is 0.501. The predicted molar refractivity (Wildman–Crippen MR) is 113 cm³/mol. The van der Waals surface area contributed by atoms with Crippen molar-refractivity contribution in [2.45, 2.75) is 19.6 Å². The molecule has 3 aromatic rings. The molecule has 1 aromatic heterocycles. The number of nitrogens with zero attached hydrogens (tertiary/aromatic N) is 2. The maximum absolute atomic E-state index is 6.11. The van der Waals surface area contributed by atoms with Crippen molar-refractivity contribution in [2.75, 3.05) is 19.1 Å². The fraction of sp³-hybridized carbons (Fsp3) is 0.227. The van der Waals surface area contributed by atoms with Crippen LogP contribution in [0.5, 0.6) is 11.5 Å². The second-order valence-corrected chi connectivity index (χ2v) is 7.49. The summed E-state index contributed by atoms with van der Waals surface area (Å²) in [4.78, 5) is 4.07. The third-order valence-electron chi connectivity index (χ3n) is 4.80. The minimum Gasteiger partial charge on any atom is -0.493 e. The zero-order valence-corrected chi connectivity index (χ0v) is 17.3. The van der Waals surface area contributed by atoms with Gasteiger partial charge in [0.15, 0.2) is 11.5 Å². The smallest absolute Gasteiger partial charge is 0.165 e. The molecule has 2 aromatic carbocycles. The molecule has 0 saturated heterocycles. The van der Waals surface area contributed by atoms with Gasteiger partial charge in [0.1, 0.15) is 6.61 Å². The first-order chi connectivity index (χ1) is 13.7. The molecule has 1 N–H and O–H groups in total. The van der Waals surface area contributed by atoms with Gasteiger partial charge in [-0.3, -0.25) is 4.98 Å². The molecule has 0 atom stereocenters. The zero-order chi connectivity index (χ0) is 19.3. The fourth-order valence-electron chi connectivity index (χ4n) is 3.42. The number of halogens is 1. The minimum atomic E-state index is 0.501. The maximum Gasteiger partial charge on any atom is 0.165 e. The number of anilines is 1. The molecule has 28 heavy (non-hydrogen) atoms. The summed E-state index contributed by atoms with van der Waals surface area (Å²) in [6.07, 6.45) is 4.49. The maximum atomic E-state index is 6.11. The van der Waals surface area contributed by atoms with Gasteiger partial charge in [0.25, 0.3) is 0 Å². The van der Waals surface area contributed by atoms with E-state index in [4.69, 9.17) is 9.47 Å². The van der Waals surface area contributed by atoms with E-state index in [0.29, 0.717) is 6.61 Å². The molecule has 0 aliphatic carbocycles. The molecule has 5 nitrogen and oxygen atoms in total. The first-order valence-electron chi connectivity index (χ1n) is 9.21. The Kier molecular flexibility index (Phi) is 5.78. The van der Waals surface area contributed by atoms with Crippen molar-refractivity contribution in [3.63, 3.8) is 0 Å². The van der Waals surface area contributed by atoms with Crippen LogP contribution in [-0.2, 0) is 19.6 Å². The molecule has 6 heteroatoms. The molecular weight excluding hydrogens is 418 g/mol. The third-order valence-corrected chi connectivity index (χ3v) is 5.51. The standard InChI is InChI=1S/C22H22BrN3O2/c1-27-22-19-14-26(25-17-7-10-24-11-8-17)12-9-18(19)20(23)13-21(22)28-15-16-5-3-2-4-6-16/h2-8,10-11,13H,9,12,14-15H2,1H3,(H,24,25). The number of aromatic nitrogens is 1. The van der Waals surface area contributed by atoms with Gasteiger partial charge in [-0.05, 0) is 35.7 Å². The highest BCUT2D eigenvalue weighted by Gasteiger charge is 2.25. The first kappa shape index (κ1) is 18.8. The van der Waals surface area contributed by atoms with Crippen molar-refractivity contribution < 1.29 is 9.47 Å². The molecule has 144 valence electrons. The monoisotopic (exact) mass is 439 g/mol. The van der Waals surface area contributed by atoms with Crippen LogP contribution < -0.4 is 14.9 Å². The van der Waals surface area contributed by atoms with Crippen LogP contribution in [0.2, 0.25) is 0 Å². The highest BCUT2D eigenvalue weighted by molar-refractivity contribution is 9.10. The van der Waals surface area contributed by atoms with E-state index in [2.05, 4.69) is 43.5 Å². The number of hydrogen-bond donors (Lipinski definition) is 1. The number of ether oxygens (including phenoxy) is 2. The lowest BCUT2D eigenvalue weighted by molar-refractivity contribution is 0.269. The van der Waals surface area contributed by atoms with E-state index in [0.717, 1.165) is 52.3 Å². The molecule has 0 saturated carbocycles. The van der Waals surface area contributed by atoms with Gasteiger partial charge in [0.2, 0.25) is 0 Å². The molecule has 0 unspecified atom stereocenters. The Bertz CT molecular complexity index is 936. The summed E-state index contributed by atoms with van der Waals surface area (Å²) in [5.41, 5.74) is 8.02. The normalized spacial score (nSPS) is 13.6. The Labute approximate surface area is 173 Å². The Balaban J connectivity index is 1.57. The van der Waals surface area contributed by atoms with Crippen LogP contribution in [0.3, 0.4) is 0 Å². The Morgan fingerprint density at radius 1 is 1.11 bits per heavy atom. The Hall–Kier alpha value is -2.57. The van der Waals surface area contributed by atoms with Crippen LogP contribution in [-0.4, -0.2) is 23.6 Å². The number of nitrogens with one attached hydrogen (secondary N) is 1. The van der Waals surface area contributed by atoms with Crippen LogP contribution in [0.1, 0.15) is 16.7 Å². The van der Waals surface area contributed by atoms with Crippen LogP contribution in [0.25, 0.3) is 0 Å². The van der Waals surface area contributed by atoms with Gasteiger partial charge in [-0.1, -0.05) is 46.3 Å². The summed E-state index contributed by atoms with van der Waals surface area (Å²) < 4.78 is 13.0. The molecular formula is C22H22BrN3O2. The van der Waals surface area contributed by atoms with Crippen LogP contribution in [0, 0.1) is 0 Å². The number of hydrogen-bond acceptors (Lipinski definition) is 5. The van der Waals surface area contributed by atoms with Crippen molar-refractivity contribution in [1.82, 2.24) is 9.99 Å². The average molecular weight is 440 g/mol. The molecule has 0 radical (unpaired) electrons. The van der Waals surface area contributed by atoms with Gasteiger partial charge in [0, 0.05) is 35.5 Å². The second-order valence-electron chi connectivity index (χ2n) is 6.64. The van der Waals surface area contributed by atoms with E-state index >= 15 is 0 Å². The lowest BCUT2D eigenvalue weighted by Gasteiger charge is -2.32. The largest absolute Gasteiger partial charge is 0.493 e. The summed E-state index contributed by atoms with van der Waals surface area (Å²) in [5.74, 6) is 1.55. The van der Waals surface area contributed by atoms with E-state index in [1.807, 2.05) is 36.4 Å². The van der Waals surface area contributed by atoms with Crippen molar-refractivity contribution in [1.29, 1.82) is 0 Å². The molecule has 1 aliphatic heterocycles. The summed E-state index contributed by atoms with van der Waals surface area (Å²) >= 11 is 3.73. The number of pyridine rings is 1. The van der Waals surface area contributed by atoms with Crippen molar-refractivity contribution in [3.05, 3.63) is 82.1 Å². The first-order valence-corrected chi connectivity index (χ1v) is 10.0. The highest BCUT2D eigenvalue weighted by atomic mass is 79.9. The van der Waals surface area contributed by atoms with E-state index in [1.165, 1.54) is 5.56 Å². The molecule has 2 heterocycles. The molecule has 0 amide bonds. The SMILES string of the molecule is COc1c(OCc2ccccc2)cc(Br)c2c1CN(Nc1ccncc1)CC2. The van der Waals surface area contributed by atoms with Gasteiger partial charge in [-0.2, -0.15) is 0 Å². The van der Waals surface area contributed by atoms with Gasteiger partial charge < -0.3 is 14.9 Å². The lowest BCUT2D eigenvalue weighted by atomic mass is 9.99. The van der Waals surface area contributed by atoms with Crippen molar-refractivity contribution >= 4 is 21.6 Å². The van der Waals surface area contributed by atoms with Crippen LogP contribution >= 0.6 is 15.9 Å². The average Bonchev–Trinajstić information content (AvgIpc) is 2.74. The highest BCUT2D eigenvalue weighted by Crippen LogP contribution is 2.41. The molecule has 0 spiro atoms. The van der Waals surface area contributed by atoms with Crippen molar-refractivity contribution in [2.24, 2.45) is 0 Å². The van der Waals surface area contributed by atoms with Crippen LogP contribution in [0.15, 0.2) is 65.4 Å². The Morgan fingerprint density at radius 3 is 2.64 bits per heavy atom. The number of rotatable bonds is 6. The van der Waals surface area contributed by atoms with Crippen molar-refractivity contribution in [3.8, 4) is 11.5 Å². The van der Waals surface area contributed by atoms with Gasteiger partial charge in [-0.15, -0.1) is 0 Å². The number of benzene rings is 2. The Morgan fingerprint density at radius 2 is 1.89 bits per heavy atom. The predicted octanol–water partition coefficient (Wildman–Crippen LogP) is 4.82. The van der Waals surface area contributed by atoms with E-state index in [1.54, 1.807) is 19.5 Å². The summed E-state index contributed by atoms with van der Waals surface area (Å²) in [6.45, 7) is 2.13. The topological polar surface area (TPSA) is 46.6 Å². The summed E-state index contributed by atoms with van der Waals surface area (Å²) in [7, 11) is 1.70. The third kappa shape index (κ3) is 4.13. The molecule has 0 bridgehead atoms. The zero-order valence-electron chi connectivity index (χ0n) is 15.7.